The summed E-state index contributed by atoms with van der Waals surface area (Å²) in [5.41, 5.74) is 8.29. The molecule has 5 heteroatoms. The van der Waals surface area contributed by atoms with Gasteiger partial charge in [-0.3, -0.25) is 14.9 Å². The largest absolute Gasteiger partial charge is 0.397 e. The fourth-order valence-electron chi connectivity index (χ4n) is 2.50. The van der Waals surface area contributed by atoms with Crippen molar-refractivity contribution in [3.8, 4) is 0 Å². The molecule has 2 amide bonds. The first-order chi connectivity index (χ1) is 8.66. The summed E-state index contributed by atoms with van der Waals surface area (Å²) in [6.07, 6.45) is 2.73. The number of hydrogen-bond acceptors (Lipinski definition) is 3. The second-order valence-electron chi connectivity index (χ2n) is 4.51. The second kappa shape index (κ2) is 3.87. The summed E-state index contributed by atoms with van der Waals surface area (Å²) in [6, 6.07) is 5.56. The highest BCUT2D eigenvalue weighted by Crippen LogP contribution is 2.32. The van der Waals surface area contributed by atoms with Gasteiger partial charge in [-0.2, -0.15) is 0 Å². The van der Waals surface area contributed by atoms with Gasteiger partial charge in [-0.15, -0.1) is 0 Å². The number of aromatic nitrogens is 1. The molecule has 18 heavy (non-hydrogen) atoms. The van der Waals surface area contributed by atoms with E-state index < -0.39 is 0 Å². The van der Waals surface area contributed by atoms with Crippen molar-refractivity contribution in [1.29, 1.82) is 0 Å². The molecule has 3 rings (SSSR count). The number of fused-ring (bicyclic) bond motifs is 1. The minimum atomic E-state index is -0.276. The molecule has 0 bridgehead atoms. The van der Waals surface area contributed by atoms with Crippen LogP contribution in [-0.4, -0.2) is 16.8 Å². The quantitative estimate of drug-likeness (QED) is 0.520. The summed E-state index contributed by atoms with van der Waals surface area (Å²) in [4.78, 5) is 26.1. The van der Waals surface area contributed by atoms with Crippen molar-refractivity contribution < 1.29 is 9.59 Å². The van der Waals surface area contributed by atoms with Crippen molar-refractivity contribution in [2.75, 3.05) is 5.73 Å². The standard InChI is InChI=1S/C13H13N3O2/c14-10-3-1-7(8-5-6-15-12(8)10)9-2-4-11(17)16-13(9)18/h1,3,5-6,9,15H,2,4,14H2,(H,16,17,18). The van der Waals surface area contributed by atoms with Crippen LogP contribution in [0, 0.1) is 0 Å². The molecular formula is C13H13N3O2. The van der Waals surface area contributed by atoms with E-state index in [1.165, 1.54) is 0 Å². The van der Waals surface area contributed by atoms with Gasteiger partial charge in [0.25, 0.3) is 0 Å². The molecule has 1 atom stereocenters. The molecule has 0 radical (unpaired) electrons. The monoisotopic (exact) mass is 243 g/mol. The van der Waals surface area contributed by atoms with Crippen molar-refractivity contribution in [1.82, 2.24) is 10.3 Å². The summed E-state index contributed by atoms with van der Waals surface area (Å²) in [5.74, 6) is -0.697. The molecule has 4 N–H and O–H groups in total. The number of imide groups is 1. The van der Waals surface area contributed by atoms with E-state index in [1.807, 2.05) is 12.1 Å². The summed E-state index contributed by atoms with van der Waals surface area (Å²) >= 11 is 0. The first-order valence-corrected chi connectivity index (χ1v) is 5.86. The molecule has 5 nitrogen and oxygen atoms in total. The highest BCUT2D eigenvalue weighted by molar-refractivity contribution is 6.03. The number of aromatic amines is 1. The molecule has 1 aliphatic heterocycles. The van der Waals surface area contributed by atoms with Gasteiger partial charge in [-0.1, -0.05) is 6.07 Å². The van der Waals surface area contributed by atoms with Crippen molar-refractivity contribution in [3.63, 3.8) is 0 Å². The van der Waals surface area contributed by atoms with E-state index in [0.29, 0.717) is 18.5 Å². The van der Waals surface area contributed by atoms with Gasteiger partial charge in [-0.25, -0.2) is 0 Å². The van der Waals surface area contributed by atoms with Crippen LogP contribution in [0.2, 0.25) is 0 Å². The van der Waals surface area contributed by atoms with Crippen LogP contribution >= 0.6 is 0 Å². The van der Waals surface area contributed by atoms with E-state index in [-0.39, 0.29) is 17.7 Å². The van der Waals surface area contributed by atoms with E-state index in [0.717, 1.165) is 16.5 Å². The number of rotatable bonds is 1. The number of amides is 2. The third-order valence-electron chi connectivity index (χ3n) is 3.40. The molecule has 0 aliphatic carbocycles. The van der Waals surface area contributed by atoms with Crippen LogP contribution in [0.5, 0.6) is 0 Å². The molecular weight excluding hydrogens is 230 g/mol. The lowest BCUT2D eigenvalue weighted by molar-refractivity contribution is -0.134. The zero-order valence-corrected chi connectivity index (χ0v) is 9.69. The second-order valence-corrected chi connectivity index (χ2v) is 4.51. The summed E-state index contributed by atoms with van der Waals surface area (Å²) in [6.45, 7) is 0. The summed E-state index contributed by atoms with van der Waals surface area (Å²) in [5, 5.41) is 3.33. The maximum Gasteiger partial charge on any atom is 0.234 e. The van der Waals surface area contributed by atoms with Gasteiger partial charge >= 0.3 is 0 Å². The van der Waals surface area contributed by atoms with Gasteiger partial charge in [0.2, 0.25) is 11.8 Å². The fraction of sp³-hybridized carbons (Fsp3) is 0.231. The zero-order valence-electron chi connectivity index (χ0n) is 9.69. The topological polar surface area (TPSA) is 88.0 Å². The van der Waals surface area contributed by atoms with Crippen LogP contribution in [0.15, 0.2) is 24.4 Å². The highest BCUT2D eigenvalue weighted by Gasteiger charge is 2.29. The SMILES string of the molecule is Nc1ccc(C2CCC(=O)NC2=O)c2cc[nH]c12. The van der Waals surface area contributed by atoms with E-state index in [4.69, 9.17) is 5.73 Å². The number of nitrogens with two attached hydrogens (primary N) is 1. The Bertz CT molecular complexity index is 645. The lowest BCUT2D eigenvalue weighted by atomic mass is 9.88. The molecule has 1 aromatic carbocycles. The van der Waals surface area contributed by atoms with Crippen LogP contribution in [0.1, 0.15) is 24.3 Å². The maximum absolute atomic E-state index is 11.9. The Morgan fingerprint density at radius 3 is 2.83 bits per heavy atom. The van der Waals surface area contributed by atoms with E-state index in [9.17, 15) is 9.59 Å². The van der Waals surface area contributed by atoms with E-state index in [1.54, 1.807) is 12.3 Å². The van der Waals surface area contributed by atoms with Crippen molar-refractivity contribution in [3.05, 3.63) is 30.0 Å². The van der Waals surface area contributed by atoms with E-state index >= 15 is 0 Å². The molecule has 2 aromatic rings. The van der Waals surface area contributed by atoms with Crippen LogP contribution in [0.3, 0.4) is 0 Å². The number of carbonyl (C=O) groups excluding carboxylic acids is 2. The summed E-state index contributed by atoms with van der Waals surface area (Å²) in [7, 11) is 0. The van der Waals surface area contributed by atoms with Crippen LogP contribution in [0.25, 0.3) is 10.9 Å². The number of nitrogens with one attached hydrogen (secondary N) is 2. The third kappa shape index (κ3) is 1.55. The van der Waals surface area contributed by atoms with Gasteiger partial charge in [0.1, 0.15) is 0 Å². The first kappa shape index (κ1) is 10.8. The molecule has 0 spiro atoms. The number of anilines is 1. The van der Waals surface area contributed by atoms with Gasteiger partial charge in [0.05, 0.1) is 17.1 Å². The Labute approximate surface area is 103 Å². The lowest BCUT2D eigenvalue weighted by Crippen LogP contribution is -2.39. The van der Waals surface area contributed by atoms with E-state index in [2.05, 4.69) is 10.3 Å². The maximum atomic E-state index is 11.9. The van der Waals surface area contributed by atoms with Crippen LogP contribution in [-0.2, 0) is 9.59 Å². The Balaban J connectivity index is 2.09. The van der Waals surface area contributed by atoms with Crippen LogP contribution in [0.4, 0.5) is 5.69 Å². The molecule has 1 aromatic heterocycles. The average molecular weight is 243 g/mol. The molecule has 1 unspecified atom stereocenters. The molecule has 1 fully saturated rings. The average Bonchev–Trinajstić information content (AvgIpc) is 2.81. The minimum Gasteiger partial charge on any atom is -0.397 e. The smallest absolute Gasteiger partial charge is 0.234 e. The summed E-state index contributed by atoms with van der Waals surface area (Å²) < 4.78 is 0. The fourth-order valence-corrected chi connectivity index (χ4v) is 2.50. The Morgan fingerprint density at radius 2 is 2.06 bits per heavy atom. The molecule has 2 heterocycles. The van der Waals surface area contributed by atoms with Gasteiger partial charge < -0.3 is 10.7 Å². The lowest BCUT2D eigenvalue weighted by Gasteiger charge is -2.22. The van der Waals surface area contributed by atoms with Crippen molar-refractivity contribution in [2.45, 2.75) is 18.8 Å². The van der Waals surface area contributed by atoms with Crippen molar-refractivity contribution >= 4 is 28.4 Å². The number of hydrogen-bond donors (Lipinski definition) is 3. The predicted molar refractivity (Wildman–Crippen MR) is 67.8 cm³/mol. The van der Waals surface area contributed by atoms with Gasteiger partial charge in [0, 0.05) is 18.0 Å². The number of piperidine rings is 1. The number of H-pyrrole nitrogens is 1. The van der Waals surface area contributed by atoms with Crippen LogP contribution < -0.4 is 11.1 Å². The minimum absolute atomic E-state index is 0.197. The van der Waals surface area contributed by atoms with Crippen molar-refractivity contribution in [2.24, 2.45) is 0 Å². The molecule has 0 saturated carbocycles. The predicted octanol–water partition coefficient (Wildman–Crippen LogP) is 1.27. The Morgan fingerprint density at radius 1 is 1.22 bits per heavy atom. The number of benzene rings is 1. The molecule has 1 aliphatic rings. The van der Waals surface area contributed by atoms with Gasteiger partial charge in [-0.05, 0) is 24.1 Å². The molecule has 1 saturated heterocycles. The normalized spacial score (nSPS) is 20.1. The van der Waals surface area contributed by atoms with Gasteiger partial charge in [0.15, 0.2) is 0 Å². The highest BCUT2D eigenvalue weighted by atomic mass is 16.2. The Hall–Kier alpha value is -2.30. The number of nitrogen functional groups attached to an aromatic ring is 1. The number of carbonyl (C=O) groups is 2. The zero-order chi connectivity index (χ0) is 12.7. The first-order valence-electron chi connectivity index (χ1n) is 5.86. The Kier molecular flexibility index (Phi) is 2.33. The third-order valence-corrected chi connectivity index (χ3v) is 3.40. The molecule has 92 valence electrons.